The molecule has 2 aromatic carbocycles. The second-order valence-electron chi connectivity index (χ2n) is 9.37. The van der Waals surface area contributed by atoms with Crippen LogP contribution in [-0.2, 0) is 28.1 Å². The number of rotatable bonds is 8. The van der Waals surface area contributed by atoms with E-state index in [0.29, 0.717) is 32.4 Å². The summed E-state index contributed by atoms with van der Waals surface area (Å²) in [5.74, 6) is -1.83. The van der Waals surface area contributed by atoms with Crippen LogP contribution >= 0.6 is 0 Å². The zero-order valence-corrected chi connectivity index (χ0v) is 19.7. The van der Waals surface area contributed by atoms with E-state index in [1.165, 1.54) is 23.4 Å². The lowest BCUT2D eigenvalue weighted by Crippen LogP contribution is -2.48. The summed E-state index contributed by atoms with van der Waals surface area (Å²) in [6.07, 6.45) is 4.53. The molecule has 0 spiro atoms. The van der Waals surface area contributed by atoms with Crippen molar-refractivity contribution >= 4 is 17.4 Å². The number of para-hydroxylation sites is 1. The second-order valence-corrected chi connectivity index (χ2v) is 9.37. The number of esters is 1. The van der Waals surface area contributed by atoms with Gasteiger partial charge >= 0.3 is 5.97 Å². The first kappa shape index (κ1) is 24.2. The normalized spacial score (nSPS) is 17.9. The molecule has 0 bridgehead atoms. The first-order chi connectivity index (χ1) is 17.4. The Kier molecular flexibility index (Phi) is 6.88. The van der Waals surface area contributed by atoms with Crippen molar-refractivity contribution in [1.82, 2.24) is 19.7 Å². The summed E-state index contributed by atoms with van der Waals surface area (Å²) in [5, 5.41) is 15.6. The van der Waals surface area contributed by atoms with Crippen LogP contribution in [0, 0.1) is 11.6 Å². The number of aliphatic imine (C=N–C) groups is 1. The van der Waals surface area contributed by atoms with Crippen molar-refractivity contribution in [3.63, 3.8) is 0 Å². The SMILES string of the molecule is O=C(CC1=Nc2ccccc2C1)OC1CCN(CC(O)(Cn2cncn2)c2ccc(F)cc2F)CC1. The largest absolute Gasteiger partial charge is 0.462 e. The molecule has 10 heteroatoms. The van der Waals surface area contributed by atoms with Crippen molar-refractivity contribution < 1.29 is 23.4 Å². The Morgan fingerprint density at radius 1 is 1.14 bits per heavy atom. The Bertz CT molecular complexity index is 1260. The van der Waals surface area contributed by atoms with Crippen LogP contribution in [-0.4, -0.2) is 62.2 Å². The number of benzene rings is 2. The van der Waals surface area contributed by atoms with Crippen LogP contribution in [0.4, 0.5) is 14.5 Å². The van der Waals surface area contributed by atoms with Gasteiger partial charge < -0.3 is 9.84 Å². The molecule has 36 heavy (non-hydrogen) atoms. The molecule has 1 unspecified atom stereocenters. The van der Waals surface area contributed by atoms with E-state index in [-0.39, 0.29) is 37.1 Å². The average Bonchev–Trinajstić information content (AvgIpc) is 3.49. The van der Waals surface area contributed by atoms with Crippen LogP contribution in [0.1, 0.15) is 30.4 Å². The zero-order chi connectivity index (χ0) is 25.1. The Morgan fingerprint density at radius 2 is 1.94 bits per heavy atom. The number of halogens is 2. The number of carbonyl (C=O) groups is 1. The van der Waals surface area contributed by atoms with Crippen LogP contribution in [0.25, 0.3) is 0 Å². The number of hydrogen-bond donors (Lipinski definition) is 1. The predicted molar refractivity (Wildman–Crippen MR) is 128 cm³/mol. The van der Waals surface area contributed by atoms with Gasteiger partial charge in [-0.2, -0.15) is 5.10 Å². The molecule has 1 atom stereocenters. The molecule has 0 saturated carbocycles. The number of carbonyl (C=O) groups excluding carboxylic acids is 1. The summed E-state index contributed by atoms with van der Waals surface area (Å²) in [4.78, 5) is 22.9. The molecule has 1 N–H and O–H groups in total. The Morgan fingerprint density at radius 3 is 2.67 bits per heavy atom. The minimum atomic E-state index is -1.66. The highest BCUT2D eigenvalue weighted by molar-refractivity contribution is 6.03. The third kappa shape index (κ3) is 5.50. The minimum absolute atomic E-state index is 0.00807. The number of ether oxygens (including phenoxy) is 1. The maximum atomic E-state index is 14.7. The fourth-order valence-electron chi connectivity index (χ4n) is 4.92. The molecule has 1 saturated heterocycles. The van der Waals surface area contributed by atoms with Gasteiger partial charge in [0.2, 0.25) is 0 Å². The van der Waals surface area contributed by atoms with E-state index < -0.39 is 17.2 Å². The molecule has 8 nitrogen and oxygen atoms in total. The fourth-order valence-corrected chi connectivity index (χ4v) is 4.92. The number of aromatic nitrogens is 3. The molecule has 3 heterocycles. The van der Waals surface area contributed by atoms with Gasteiger partial charge in [0.25, 0.3) is 0 Å². The molecule has 188 valence electrons. The molecule has 2 aliphatic heterocycles. The number of likely N-dealkylation sites (tertiary alicyclic amines) is 1. The summed E-state index contributed by atoms with van der Waals surface area (Å²) in [7, 11) is 0. The van der Waals surface area contributed by atoms with Gasteiger partial charge in [0.1, 0.15) is 36.0 Å². The molecular weight excluding hydrogens is 468 g/mol. The van der Waals surface area contributed by atoms with Crippen molar-refractivity contribution in [3.8, 4) is 0 Å². The molecule has 5 rings (SSSR count). The van der Waals surface area contributed by atoms with Crippen molar-refractivity contribution in [3.05, 3.63) is 77.9 Å². The fraction of sp³-hybridized carbons (Fsp3) is 0.385. The van der Waals surface area contributed by atoms with Crippen LogP contribution in [0.5, 0.6) is 0 Å². The smallest absolute Gasteiger partial charge is 0.311 e. The lowest BCUT2D eigenvalue weighted by Gasteiger charge is -2.38. The summed E-state index contributed by atoms with van der Waals surface area (Å²) < 4.78 is 35.3. The summed E-state index contributed by atoms with van der Waals surface area (Å²) in [6, 6.07) is 11.0. The van der Waals surface area contributed by atoms with E-state index in [0.717, 1.165) is 29.1 Å². The van der Waals surface area contributed by atoms with E-state index >= 15 is 0 Å². The zero-order valence-electron chi connectivity index (χ0n) is 19.7. The average molecular weight is 496 g/mol. The molecule has 0 aliphatic carbocycles. The van der Waals surface area contributed by atoms with Crippen molar-refractivity contribution in [1.29, 1.82) is 0 Å². The lowest BCUT2D eigenvalue weighted by molar-refractivity contribution is -0.150. The standard InChI is InChI=1S/C26H27F2N5O3/c27-19-5-6-22(23(28)12-19)26(35,15-33-17-29-16-30-33)14-32-9-7-21(8-10-32)36-25(34)13-20-11-18-3-1-2-4-24(18)31-20/h1-6,12,16-17,21,35H,7-11,13-15H2. The highest BCUT2D eigenvalue weighted by Gasteiger charge is 2.37. The third-order valence-electron chi connectivity index (χ3n) is 6.65. The second kappa shape index (κ2) is 10.2. The predicted octanol–water partition coefficient (Wildman–Crippen LogP) is 3.17. The van der Waals surface area contributed by atoms with E-state index in [9.17, 15) is 18.7 Å². The first-order valence-corrected chi connectivity index (χ1v) is 11.9. The maximum absolute atomic E-state index is 14.7. The van der Waals surface area contributed by atoms with Crippen LogP contribution in [0.3, 0.4) is 0 Å². The minimum Gasteiger partial charge on any atom is -0.462 e. The van der Waals surface area contributed by atoms with Gasteiger partial charge in [0.15, 0.2) is 0 Å². The topological polar surface area (TPSA) is 92.8 Å². The number of nitrogens with zero attached hydrogens (tertiary/aromatic N) is 5. The number of β-amino-alcohol motifs (C(OH)–C–C–N with tert-alkyl or cyclic N) is 1. The Labute approximate surface area is 207 Å². The highest BCUT2D eigenvalue weighted by Crippen LogP contribution is 2.30. The number of fused-ring (bicyclic) bond motifs is 1. The van der Waals surface area contributed by atoms with Crippen LogP contribution < -0.4 is 0 Å². The van der Waals surface area contributed by atoms with Gasteiger partial charge in [-0.05, 0) is 30.5 Å². The third-order valence-corrected chi connectivity index (χ3v) is 6.65. The van der Waals surface area contributed by atoms with E-state index in [1.54, 1.807) is 0 Å². The van der Waals surface area contributed by atoms with Gasteiger partial charge in [-0.1, -0.05) is 24.3 Å². The summed E-state index contributed by atoms with van der Waals surface area (Å²) in [5.41, 5.74) is 1.16. The quantitative estimate of drug-likeness (QED) is 0.483. The van der Waals surface area contributed by atoms with E-state index in [4.69, 9.17) is 4.74 Å². The Balaban J connectivity index is 1.17. The number of piperidine rings is 1. The van der Waals surface area contributed by atoms with Crippen LogP contribution in [0.2, 0.25) is 0 Å². The summed E-state index contributed by atoms with van der Waals surface area (Å²) in [6.45, 7) is 1.15. The van der Waals surface area contributed by atoms with Gasteiger partial charge in [0, 0.05) is 43.4 Å². The molecule has 3 aromatic rings. The van der Waals surface area contributed by atoms with E-state index in [1.807, 2.05) is 29.2 Å². The molecular formula is C26H27F2N5O3. The molecule has 1 fully saturated rings. The van der Waals surface area contributed by atoms with Crippen molar-refractivity contribution in [2.75, 3.05) is 19.6 Å². The van der Waals surface area contributed by atoms with Gasteiger partial charge in [-0.3, -0.25) is 14.7 Å². The summed E-state index contributed by atoms with van der Waals surface area (Å²) >= 11 is 0. The lowest BCUT2D eigenvalue weighted by atomic mass is 9.91. The van der Waals surface area contributed by atoms with Crippen LogP contribution in [0.15, 0.2) is 60.1 Å². The molecule has 1 aromatic heterocycles. The number of aliphatic hydroxyl groups is 1. The van der Waals surface area contributed by atoms with E-state index in [2.05, 4.69) is 15.1 Å². The van der Waals surface area contributed by atoms with Gasteiger partial charge in [-0.15, -0.1) is 0 Å². The monoisotopic (exact) mass is 495 g/mol. The molecule has 2 aliphatic rings. The van der Waals surface area contributed by atoms with Crippen molar-refractivity contribution in [2.45, 2.75) is 43.9 Å². The maximum Gasteiger partial charge on any atom is 0.311 e. The molecule has 0 radical (unpaired) electrons. The first-order valence-electron chi connectivity index (χ1n) is 11.9. The number of hydrogen-bond acceptors (Lipinski definition) is 7. The van der Waals surface area contributed by atoms with Gasteiger partial charge in [0.05, 0.1) is 18.7 Å². The highest BCUT2D eigenvalue weighted by atomic mass is 19.1. The van der Waals surface area contributed by atoms with Crippen molar-refractivity contribution in [2.24, 2.45) is 4.99 Å². The molecule has 0 amide bonds. The Hall–Kier alpha value is -3.50. The van der Waals surface area contributed by atoms with Gasteiger partial charge in [-0.25, -0.2) is 18.4 Å².